The Kier molecular flexibility index (Phi) is 2.86. The molecule has 0 aromatic carbocycles. The van der Waals surface area contributed by atoms with Crippen LogP contribution in [-0.4, -0.2) is 6.21 Å². The van der Waals surface area contributed by atoms with Gasteiger partial charge in [-0.25, -0.2) is 0 Å². The van der Waals surface area contributed by atoms with Gasteiger partial charge >= 0.3 is 0 Å². The highest BCUT2D eigenvalue weighted by molar-refractivity contribution is 5.57. The predicted molar refractivity (Wildman–Crippen MR) is 58.9 cm³/mol. The summed E-state index contributed by atoms with van der Waals surface area (Å²) in [6.07, 6.45) is 10.5. The summed E-state index contributed by atoms with van der Waals surface area (Å²) < 4.78 is 0. The molecule has 0 bridgehead atoms. The molecule has 0 aromatic rings. The van der Waals surface area contributed by atoms with Gasteiger partial charge in [-0.15, -0.1) is 0 Å². The zero-order valence-electron chi connectivity index (χ0n) is 8.83. The number of hydrogen-bond donors (Lipinski definition) is 0. The lowest BCUT2D eigenvalue weighted by atomic mass is 9.93. The Morgan fingerprint density at radius 3 is 2.46 bits per heavy atom. The first kappa shape index (κ1) is 9.97. The third-order valence-electron chi connectivity index (χ3n) is 2.11. The van der Waals surface area contributed by atoms with E-state index in [-0.39, 0.29) is 5.41 Å². The summed E-state index contributed by atoms with van der Waals surface area (Å²) in [6, 6.07) is 0. The molecule has 0 atom stereocenters. The standard InChI is InChI=1S/C12H17N/c1-5-13-11-7-9-12(3,4)8-6-10(11)2/h5-9H,1-4H3/b13-5-. The van der Waals surface area contributed by atoms with Crippen molar-refractivity contribution in [2.75, 3.05) is 0 Å². The SMILES string of the molecule is C/C=N\C1=C(C)C=CC(C)(C)C=C1. The van der Waals surface area contributed by atoms with Gasteiger partial charge in [0.15, 0.2) is 0 Å². The molecule has 1 aliphatic rings. The fourth-order valence-electron chi connectivity index (χ4n) is 1.19. The first-order chi connectivity index (χ1) is 6.05. The van der Waals surface area contributed by atoms with Gasteiger partial charge in [-0.1, -0.05) is 32.1 Å². The highest BCUT2D eigenvalue weighted by Crippen LogP contribution is 2.25. The summed E-state index contributed by atoms with van der Waals surface area (Å²) in [4.78, 5) is 4.31. The summed E-state index contributed by atoms with van der Waals surface area (Å²) in [5.74, 6) is 0. The molecule has 0 aromatic heterocycles. The van der Waals surface area contributed by atoms with E-state index in [0.29, 0.717) is 0 Å². The molecule has 0 spiro atoms. The fraction of sp³-hybridized carbons (Fsp3) is 0.417. The van der Waals surface area contributed by atoms with Crippen LogP contribution in [0, 0.1) is 5.41 Å². The van der Waals surface area contributed by atoms with E-state index in [2.05, 4.69) is 50.1 Å². The van der Waals surface area contributed by atoms with Crippen molar-refractivity contribution in [1.82, 2.24) is 0 Å². The molecule has 13 heavy (non-hydrogen) atoms. The van der Waals surface area contributed by atoms with Crippen LogP contribution in [0.25, 0.3) is 0 Å². The summed E-state index contributed by atoms with van der Waals surface area (Å²) >= 11 is 0. The Morgan fingerprint density at radius 1 is 1.23 bits per heavy atom. The van der Waals surface area contributed by atoms with E-state index in [9.17, 15) is 0 Å². The van der Waals surface area contributed by atoms with Crippen molar-refractivity contribution in [3.05, 3.63) is 35.6 Å². The fourth-order valence-corrected chi connectivity index (χ4v) is 1.19. The maximum Gasteiger partial charge on any atom is 0.0651 e. The third kappa shape index (κ3) is 2.69. The second-order valence-electron chi connectivity index (χ2n) is 3.94. The van der Waals surface area contributed by atoms with Crippen LogP contribution in [0.1, 0.15) is 27.7 Å². The minimum absolute atomic E-state index is 0.145. The number of aliphatic imine (C=N–C) groups is 1. The Morgan fingerprint density at radius 2 is 1.85 bits per heavy atom. The zero-order valence-corrected chi connectivity index (χ0v) is 8.83. The second kappa shape index (κ2) is 3.73. The monoisotopic (exact) mass is 175 g/mol. The molecule has 0 unspecified atom stereocenters. The second-order valence-corrected chi connectivity index (χ2v) is 3.94. The van der Waals surface area contributed by atoms with Crippen molar-refractivity contribution in [2.45, 2.75) is 27.7 Å². The Hall–Kier alpha value is -1.11. The molecule has 0 fully saturated rings. The topological polar surface area (TPSA) is 12.4 Å². The number of nitrogens with zero attached hydrogens (tertiary/aromatic N) is 1. The van der Waals surface area contributed by atoms with Crippen molar-refractivity contribution in [2.24, 2.45) is 10.4 Å². The summed E-state index contributed by atoms with van der Waals surface area (Å²) in [6.45, 7) is 8.40. The molecule has 0 saturated carbocycles. The van der Waals surface area contributed by atoms with Gasteiger partial charge in [-0.3, -0.25) is 4.99 Å². The van der Waals surface area contributed by atoms with Gasteiger partial charge in [0.1, 0.15) is 0 Å². The number of allylic oxidation sites excluding steroid dienone is 5. The Balaban J connectivity index is 3.04. The lowest BCUT2D eigenvalue weighted by molar-refractivity contribution is 0.626. The van der Waals surface area contributed by atoms with Crippen LogP contribution >= 0.6 is 0 Å². The maximum absolute atomic E-state index is 4.31. The van der Waals surface area contributed by atoms with Gasteiger partial charge in [0, 0.05) is 11.6 Å². The van der Waals surface area contributed by atoms with E-state index in [4.69, 9.17) is 0 Å². The third-order valence-corrected chi connectivity index (χ3v) is 2.11. The van der Waals surface area contributed by atoms with Crippen molar-refractivity contribution >= 4 is 6.21 Å². The summed E-state index contributed by atoms with van der Waals surface area (Å²) in [7, 11) is 0. The van der Waals surface area contributed by atoms with Crippen molar-refractivity contribution in [3.8, 4) is 0 Å². The first-order valence-corrected chi connectivity index (χ1v) is 4.63. The van der Waals surface area contributed by atoms with Gasteiger partial charge in [0.05, 0.1) is 5.70 Å². The van der Waals surface area contributed by atoms with Crippen LogP contribution in [0.15, 0.2) is 40.6 Å². The van der Waals surface area contributed by atoms with Gasteiger partial charge in [-0.2, -0.15) is 0 Å². The van der Waals surface area contributed by atoms with Crippen molar-refractivity contribution < 1.29 is 0 Å². The normalized spacial score (nSPS) is 21.2. The van der Waals surface area contributed by atoms with Gasteiger partial charge in [-0.05, 0) is 25.5 Å². The van der Waals surface area contributed by atoms with Crippen LogP contribution in [-0.2, 0) is 0 Å². The van der Waals surface area contributed by atoms with E-state index in [1.807, 2.05) is 13.1 Å². The summed E-state index contributed by atoms with van der Waals surface area (Å²) in [5.41, 5.74) is 2.43. The highest BCUT2D eigenvalue weighted by atomic mass is 14.7. The summed E-state index contributed by atoms with van der Waals surface area (Å²) in [5, 5.41) is 0. The lowest BCUT2D eigenvalue weighted by Crippen LogP contribution is -2.00. The molecule has 1 nitrogen and oxygen atoms in total. The van der Waals surface area contributed by atoms with Crippen LogP contribution in [0.3, 0.4) is 0 Å². The minimum atomic E-state index is 0.145. The van der Waals surface area contributed by atoms with Crippen LogP contribution in [0.4, 0.5) is 0 Å². The van der Waals surface area contributed by atoms with E-state index in [1.165, 1.54) is 5.57 Å². The maximum atomic E-state index is 4.31. The van der Waals surface area contributed by atoms with E-state index in [1.54, 1.807) is 0 Å². The molecule has 0 amide bonds. The lowest BCUT2D eigenvalue weighted by Gasteiger charge is -2.12. The largest absolute Gasteiger partial charge is 0.261 e. The molecule has 70 valence electrons. The Labute approximate surface area is 80.6 Å². The van der Waals surface area contributed by atoms with E-state index < -0.39 is 0 Å². The predicted octanol–water partition coefficient (Wildman–Crippen LogP) is 3.50. The average molecular weight is 175 g/mol. The molecule has 0 aliphatic heterocycles. The minimum Gasteiger partial charge on any atom is -0.261 e. The quantitative estimate of drug-likeness (QED) is 0.541. The molecule has 1 heteroatoms. The molecule has 1 aliphatic carbocycles. The molecule has 0 saturated heterocycles. The molecular weight excluding hydrogens is 158 g/mol. The van der Waals surface area contributed by atoms with Gasteiger partial charge in [0.2, 0.25) is 0 Å². The van der Waals surface area contributed by atoms with Gasteiger partial charge in [0.25, 0.3) is 0 Å². The van der Waals surface area contributed by atoms with E-state index >= 15 is 0 Å². The molecular formula is C12H17N. The van der Waals surface area contributed by atoms with Crippen LogP contribution < -0.4 is 0 Å². The van der Waals surface area contributed by atoms with Crippen LogP contribution in [0.2, 0.25) is 0 Å². The number of hydrogen-bond acceptors (Lipinski definition) is 1. The molecule has 1 rings (SSSR count). The number of rotatable bonds is 1. The smallest absolute Gasteiger partial charge is 0.0651 e. The zero-order chi connectivity index (χ0) is 9.90. The Bertz CT molecular complexity index is 301. The van der Waals surface area contributed by atoms with Gasteiger partial charge < -0.3 is 0 Å². The van der Waals surface area contributed by atoms with Crippen molar-refractivity contribution in [3.63, 3.8) is 0 Å². The first-order valence-electron chi connectivity index (χ1n) is 4.63. The van der Waals surface area contributed by atoms with E-state index in [0.717, 1.165) is 5.70 Å². The molecule has 0 N–H and O–H groups in total. The van der Waals surface area contributed by atoms with Crippen LogP contribution in [0.5, 0.6) is 0 Å². The molecule has 0 heterocycles. The highest BCUT2D eigenvalue weighted by Gasteiger charge is 2.11. The molecule has 0 radical (unpaired) electrons. The van der Waals surface area contributed by atoms with Crippen molar-refractivity contribution in [1.29, 1.82) is 0 Å². The average Bonchev–Trinajstić information content (AvgIpc) is 2.18.